The number of benzene rings is 1. The van der Waals surface area contributed by atoms with Crippen molar-refractivity contribution < 1.29 is 19.5 Å². The molecule has 19 heavy (non-hydrogen) atoms. The summed E-state index contributed by atoms with van der Waals surface area (Å²) in [5.41, 5.74) is 0.427. The second-order valence-corrected chi connectivity index (χ2v) is 4.31. The summed E-state index contributed by atoms with van der Waals surface area (Å²) in [6.07, 6.45) is 0. The number of amides is 1. The van der Waals surface area contributed by atoms with Gasteiger partial charge in [-0.2, -0.15) is 0 Å². The van der Waals surface area contributed by atoms with Crippen LogP contribution in [0.5, 0.6) is 5.75 Å². The molecule has 0 saturated carbocycles. The molecule has 0 aliphatic carbocycles. The van der Waals surface area contributed by atoms with Crippen molar-refractivity contribution in [3.8, 4) is 5.75 Å². The quantitative estimate of drug-likeness (QED) is 0.645. The number of carbonyl (C=O) groups is 1. The molecule has 0 radical (unpaired) electrons. The first-order valence-electron chi connectivity index (χ1n) is 6.15. The SMILES string of the molecule is COc1ccc(C(=O)N(O)CN2CCOCC2)cc1. The van der Waals surface area contributed by atoms with Crippen molar-refractivity contribution in [1.29, 1.82) is 0 Å². The number of rotatable bonds is 4. The predicted molar refractivity (Wildman–Crippen MR) is 68.2 cm³/mol. The van der Waals surface area contributed by atoms with Crippen molar-refractivity contribution in [2.75, 3.05) is 40.1 Å². The van der Waals surface area contributed by atoms with E-state index in [2.05, 4.69) is 0 Å². The number of hydrogen-bond acceptors (Lipinski definition) is 5. The van der Waals surface area contributed by atoms with Gasteiger partial charge in [0.25, 0.3) is 5.91 Å². The first kappa shape index (κ1) is 13.8. The zero-order valence-electron chi connectivity index (χ0n) is 10.9. The van der Waals surface area contributed by atoms with Gasteiger partial charge >= 0.3 is 0 Å². The third kappa shape index (κ3) is 3.66. The van der Waals surface area contributed by atoms with Crippen molar-refractivity contribution in [2.24, 2.45) is 0 Å². The van der Waals surface area contributed by atoms with Crippen LogP contribution in [-0.2, 0) is 4.74 Å². The summed E-state index contributed by atoms with van der Waals surface area (Å²) >= 11 is 0. The molecule has 104 valence electrons. The Balaban J connectivity index is 1.93. The number of carbonyl (C=O) groups excluding carboxylic acids is 1. The van der Waals surface area contributed by atoms with Crippen LogP contribution in [0.2, 0.25) is 0 Å². The summed E-state index contributed by atoms with van der Waals surface area (Å²) in [5, 5.41) is 10.5. The standard InChI is InChI=1S/C13H18N2O4/c1-18-12-4-2-11(3-5-12)13(16)15(17)10-14-6-8-19-9-7-14/h2-5,17H,6-10H2,1H3. The van der Waals surface area contributed by atoms with E-state index in [1.807, 2.05) is 4.90 Å². The van der Waals surface area contributed by atoms with Gasteiger partial charge in [-0.3, -0.25) is 14.9 Å². The van der Waals surface area contributed by atoms with E-state index in [1.165, 1.54) is 0 Å². The normalized spacial score (nSPS) is 16.1. The van der Waals surface area contributed by atoms with Gasteiger partial charge in [0, 0.05) is 18.7 Å². The Bertz CT molecular complexity index is 415. The lowest BCUT2D eigenvalue weighted by molar-refractivity contribution is -0.103. The van der Waals surface area contributed by atoms with E-state index >= 15 is 0 Å². The average Bonchev–Trinajstić information content (AvgIpc) is 2.47. The monoisotopic (exact) mass is 266 g/mol. The fourth-order valence-electron chi connectivity index (χ4n) is 1.88. The van der Waals surface area contributed by atoms with Crippen molar-refractivity contribution in [3.63, 3.8) is 0 Å². The van der Waals surface area contributed by atoms with Crippen LogP contribution in [0.1, 0.15) is 10.4 Å². The molecule has 0 spiro atoms. The van der Waals surface area contributed by atoms with Crippen molar-refractivity contribution >= 4 is 5.91 Å². The minimum absolute atomic E-state index is 0.189. The molecule has 2 rings (SSSR count). The Morgan fingerprint density at radius 3 is 2.58 bits per heavy atom. The lowest BCUT2D eigenvalue weighted by Gasteiger charge is -2.29. The molecule has 6 heteroatoms. The van der Waals surface area contributed by atoms with Gasteiger partial charge < -0.3 is 9.47 Å². The van der Waals surface area contributed by atoms with E-state index in [4.69, 9.17) is 9.47 Å². The van der Waals surface area contributed by atoms with Crippen molar-refractivity contribution in [2.45, 2.75) is 0 Å². The number of hydrogen-bond donors (Lipinski definition) is 1. The van der Waals surface area contributed by atoms with Gasteiger partial charge in [-0.1, -0.05) is 0 Å². The Morgan fingerprint density at radius 2 is 2.00 bits per heavy atom. The molecule has 1 aromatic rings. The summed E-state index contributed by atoms with van der Waals surface area (Å²) in [4.78, 5) is 14.0. The maximum absolute atomic E-state index is 12.0. The van der Waals surface area contributed by atoms with Gasteiger partial charge in [0.05, 0.1) is 20.3 Å². The zero-order chi connectivity index (χ0) is 13.7. The molecule has 1 aliphatic heterocycles. The molecule has 0 bridgehead atoms. The lowest BCUT2D eigenvalue weighted by Crippen LogP contribution is -2.44. The maximum Gasteiger partial charge on any atom is 0.278 e. The third-order valence-electron chi connectivity index (χ3n) is 3.01. The highest BCUT2D eigenvalue weighted by molar-refractivity contribution is 5.93. The molecular weight excluding hydrogens is 248 g/mol. The second-order valence-electron chi connectivity index (χ2n) is 4.31. The van der Waals surface area contributed by atoms with E-state index in [0.29, 0.717) is 37.6 Å². The van der Waals surface area contributed by atoms with Gasteiger partial charge in [0.15, 0.2) is 0 Å². The Kier molecular flexibility index (Phi) is 4.73. The topological polar surface area (TPSA) is 62.2 Å². The van der Waals surface area contributed by atoms with Crippen molar-refractivity contribution in [3.05, 3.63) is 29.8 Å². The molecule has 1 aliphatic rings. The molecular formula is C13H18N2O4. The first-order chi connectivity index (χ1) is 9.20. The summed E-state index contributed by atoms with van der Waals surface area (Å²) in [7, 11) is 1.56. The summed E-state index contributed by atoms with van der Waals surface area (Å²) in [6.45, 7) is 2.88. The van der Waals surface area contributed by atoms with Gasteiger partial charge in [-0.25, -0.2) is 5.06 Å². The smallest absolute Gasteiger partial charge is 0.278 e. The van der Waals surface area contributed by atoms with Crippen LogP contribution < -0.4 is 4.74 Å². The fraction of sp³-hybridized carbons (Fsp3) is 0.462. The molecule has 1 heterocycles. The van der Waals surface area contributed by atoms with E-state index in [-0.39, 0.29) is 6.67 Å². The first-order valence-corrected chi connectivity index (χ1v) is 6.15. The molecule has 0 aromatic heterocycles. The van der Waals surface area contributed by atoms with Crippen LogP contribution in [0.3, 0.4) is 0 Å². The van der Waals surface area contributed by atoms with Crippen LogP contribution in [0.25, 0.3) is 0 Å². The number of ether oxygens (including phenoxy) is 2. The Hall–Kier alpha value is -1.63. The van der Waals surface area contributed by atoms with Gasteiger partial charge in [-0.15, -0.1) is 0 Å². The second kappa shape index (κ2) is 6.51. The van der Waals surface area contributed by atoms with Crippen LogP contribution in [0.4, 0.5) is 0 Å². The molecule has 1 fully saturated rings. The number of morpholine rings is 1. The number of nitrogens with zero attached hydrogens (tertiary/aromatic N) is 2. The van der Waals surface area contributed by atoms with Gasteiger partial charge in [0.1, 0.15) is 12.4 Å². The number of hydroxylamine groups is 2. The molecule has 1 N–H and O–H groups in total. The Morgan fingerprint density at radius 1 is 1.37 bits per heavy atom. The van der Waals surface area contributed by atoms with Gasteiger partial charge in [-0.05, 0) is 24.3 Å². The highest BCUT2D eigenvalue weighted by Crippen LogP contribution is 2.13. The summed E-state index contributed by atoms with van der Waals surface area (Å²) in [6, 6.07) is 6.64. The largest absolute Gasteiger partial charge is 0.497 e. The fourth-order valence-corrected chi connectivity index (χ4v) is 1.88. The minimum Gasteiger partial charge on any atom is -0.497 e. The molecule has 1 aromatic carbocycles. The van der Waals surface area contributed by atoms with E-state index < -0.39 is 5.91 Å². The van der Waals surface area contributed by atoms with Crippen LogP contribution in [0.15, 0.2) is 24.3 Å². The lowest BCUT2D eigenvalue weighted by atomic mass is 10.2. The van der Waals surface area contributed by atoms with E-state index in [0.717, 1.165) is 5.06 Å². The third-order valence-corrected chi connectivity index (χ3v) is 3.01. The Labute approximate surface area is 112 Å². The van der Waals surface area contributed by atoms with E-state index in [9.17, 15) is 10.0 Å². The maximum atomic E-state index is 12.0. The zero-order valence-corrected chi connectivity index (χ0v) is 10.9. The number of methoxy groups -OCH3 is 1. The molecule has 0 unspecified atom stereocenters. The summed E-state index contributed by atoms with van der Waals surface area (Å²) < 4.78 is 10.2. The van der Waals surface area contributed by atoms with Crippen LogP contribution in [0, 0.1) is 0 Å². The van der Waals surface area contributed by atoms with Gasteiger partial charge in [0.2, 0.25) is 0 Å². The van der Waals surface area contributed by atoms with Crippen molar-refractivity contribution in [1.82, 2.24) is 9.96 Å². The predicted octanol–water partition coefficient (Wildman–Crippen LogP) is 0.816. The summed E-state index contributed by atoms with van der Waals surface area (Å²) in [5.74, 6) is 0.253. The molecule has 1 saturated heterocycles. The molecule has 1 amide bonds. The molecule has 6 nitrogen and oxygen atoms in total. The molecule has 0 atom stereocenters. The average molecular weight is 266 g/mol. The van der Waals surface area contributed by atoms with E-state index in [1.54, 1.807) is 31.4 Å². The van der Waals surface area contributed by atoms with Crippen LogP contribution >= 0.6 is 0 Å². The highest BCUT2D eigenvalue weighted by atomic mass is 16.5. The minimum atomic E-state index is -0.422. The highest BCUT2D eigenvalue weighted by Gasteiger charge is 2.18. The van der Waals surface area contributed by atoms with Crippen LogP contribution in [-0.4, -0.2) is 61.2 Å².